The average Bonchev–Trinajstić information content (AvgIpc) is 2.41. The van der Waals surface area contributed by atoms with Crippen molar-refractivity contribution in [1.29, 1.82) is 0 Å². The van der Waals surface area contributed by atoms with Gasteiger partial charge in [0.15, 0.2) is 0 Å². The minimum atomic E-state index is -0.177. The number of piperidine rings is 1. The number of nitrogens with one attached hydrogen (secondary N) is 1. The molecule has 1 heterocycles. The molecule has 1 saturated heterocycles. The van der Waals surface area contributed by atoms with Crippen molar-refractivity contribution in [1.82, 2.24) is 10.2 Å². The normalized spacial score (nSPS) is 20.2. The van der Waals surface area contributed by atoms with Crippen LogP contribution in [0.25, 0.3) is 0 Å². The Balaban J connectivity index is 2.02. The molecule has 1 aliphatic heterocycles. The molecule has 1 amide bonds. The van der Waals surface area contributed by atoms with Crippen molar-refractivity contribution in [3.63, 3.8) is 0 Å². The number of aryl methyl sites for hydroxylation is 1. The van der Waals surface area contributed by atoms with Crippen molar-refractivity contribution in [3.8, 4) is 5.75 Å². The number of rotatable bonds is 3. The Bertz CT molecular complexity index is 459. The smallest absolute Gasteiger partial charge is 0.255 e. The van der Waals surface area contributed by atoms with Crippen LogP contribution in [0.15, 0.2) is 18.2 Å². The van der Waals surface area contributed by atoms with E-state index < -0.39 is 0 Å². The summed E-state index contributed by atoms with van der Waals surface area (Å²) >= 11 is 0. The highest BCUT2D eigenvalue weighted by Crippen LogP contribution is 2.19. The number of likely N-dealkylation sites (tertiary alicyclic amines) is 1. The molecule has 19 heavy (non-hydrogen) atoms. The van der Waals surface area contributed by atoms with Crippen molar-refractivity contribution in [3.05, 3.63) is 29.3 Å². The van der Waals surface area contributed by atoms with Crippen LogP contribution in [-0.4, -0.2) is 41.6 Å². The zero-order valence-corrected chi connectivity index (χ0v) is 11.6. The predicted octanol–water partition coefficient (Wildman–Crippen LogP) is 1.91. The molecule has 4 nitrogen and oxygen atoms in total. The number of amides is 1. The molecule has 0 bridgehead atoms. The summed E-state index contributed by atoms with van der Waals surface area (Å²) in [6, 6.07) is 5.28. The quantitative estimate of drug-likeness (QED) is 0.875. The zero-order chi connectivity index (χ0) is 13.8. The molecule has 104 valence electrons. The summed E-state index contributed by atoms with van der Waals surface area (Å²) in [6.45, 7) is 7.07. The molecule has 1 unspecified atom stereocenters. The maximum atomic E-state index is 12.2. The summed E-state index contributed by atoms with van der Waals surface area (Å²) in [5.41, 5.74) is 1.34. The first-order chi connectivity index (χ1) is 9.10. The maximum absolute atomic E-state index is 12.2. The molecule has 0 spiro atoms. The number of nitrogens with zero attached hydrogens (tertiary/aromatic N) is 1. The van der Waals surface area contributed by atoms with E-state index in [9.17, 15) is 9.90 Å². The number of hydrogen-bond acceptors (Lipinski definition) is 3. The third-order valence-corrected chi connectivity index (χ3v) is 3.68. The van der Waals surface area contributed by atoms with Gasteiger partial charge in [0.1, 0.15) is 5.75 Å². The monoisotopic (exact) mass is 262 g/mol. The number of carbonyl (C=O) groups is 1. The average molecular weight is 262 g/mol. The van der Waals surface area contributed by atoms with Crippen LogP contribution in [0.1, 0.15) is 35.7 Å². The largest absolute Gasteiger partial charge is 0.507 e. The molecular formula is C15H22N2O2. The van der Waals surface area contributed by atoms with Crippen molar-refractivity contribution in [2.45, 2.75) is 32.7 Å². The van der Waals surface area contributed by atoms with E-state index in [4.69, 9.17) is 0 Å². The lowest BCUT2D eigenvalue weighted by molar-refractivity contribution is 0.0903. The lowest BCUT2D eigenvalue weighted by Gasteiger charge is -2.32. The number of phenols is 1. The van der Waals surface area contributed by atoms with Crippen molar-refractivity contribution < 1.29 is 9.90 Å². The van der Waals surface area contributed by atoms with E-state index in [0.717, 1.165) is 38.0 Å². The van der Waals surface area contributed by atoms with E-state index in [-0.39, 0.29) is 17.7 Å². The fourth-order valence-corrected chi connectivity index (χ4v) is 2.56. The Hall–Kier alpha value is -1.55. The number of hydrogen-bond donors (Lipinski definition) is 2. The van der Waals surface area contributed by atoms with Gasteiger partial charge in [0, 0.05) is 12.6 Å². The first kappa shape index (κ1) is 13.9. The molecule has 4 heteroatoms. The predicted molar refractivity (Wildman–Crippen MR) is 75.4 cm³/mol. The molecule has 0 radical (unpaired) electrons. The van der Waals surface area contributed by atoms with E-state index in [0.29, 0.717) is 5.56 Å². The van der Waals surface area contributed by atoms with Gasteiger partial charge in [-0.15, -0.1) is 0 Å². The van der Waals surface area contributed by atoms with Gasteiger partial charge in [-0.05, 0) is 45.0 Å². The molecule has 1 atom stereocenters. The summed E-state index contributed by atoms with van der Waals surface area (Å²) in [5, 5.41) is 12.8. The molecule has 1 aliphatic rings. The molecule has 1 aromatic rings. The van der Waals surface area contributed by atoms with E-state index in [2.05, 4.69) is 17.1 Å². The van der Waals surface area contributed by atoms with Gasteiger partial charge in [-0.3, -0.25) is 4.79 Å². The molecule has 1 aromatic carbocycles. The SMILES string of the molecule is CCN1CCCC(NC(=O)c2cc(C)ccc2O)C1. The van der Waals surface area contributed by atoms with Gasteiger partial charge < -0.3 is 15.3 Å². The minimum Gasteiger partial charge on any atom is -0.507 e. The first-order valence-corrected chi connectivity index (χ1v) is 6.93. The highest BCUT2D eigenvalue weighted by Gasteiger charge is 2.21. The Morgan fingerprint density at radius 2 is 2.32 bits per heavy atom. The Kier molecular flexibility index (Phi) is 4.43. The summed E-state index contributed by atoms with van der Waals surface area (Å²) in [6.07, 6.45) is 2.12. The van der Waals surface area contributed by atoms with Crippen LogP contribution in [0.5, 0.6) is 5.75 Å². The van der Waals surface area contributed by atoms with Gasteiger partial charge in [-0.25, -0.2) is 0 Å². The second-order valence-corrected chi connectivity index (χ2v) is 5.23. The van der Waals surface area contributed by atoms with E-state index in [1.807, 2.05) is 6.92 Å². The van der Waals surface area contributed by atoms with Crippen LogP contribution < -0.4 is 5.32 Å². The second kappa shape index (κ2) is 6.06. The number of likely N-dealkylation sites (N-methyl/N-ethyl adjacent to an activating group) is 1. The highest BCUT2D eigenvalue weighted by molar-refractivity contribution is 5.97. The van der Waals surface area contributed by atoms with E-state index in [1.165, 1.54) is 0 Å². The molecule has 0 saturated carbocycles. The fraction of sp³-hybridized carbons (Fsp3) is 0.533. The van der Waals surface area contributed by atoms with Crippen molar-refractivity contribution in [2.75, 3.05) is 19.6 Å². The van der Waals surface area contributed by atoms with Gasteiger partial charge in [0.2, 0.25) is 0 Å². The molecule has 2 rings (SSSR count). The number of benzene rings is 1. The first-order valence-electron chi connectivity index (χ1n) is 6.93. The van der Waals surface area contributed by atoms with Crippen molar-refractivity contribution >= 4 is 5.91 Å². The van der Waals surface area contributed by atoms with Crippen LogP contribution in [0.2, 0.25) is 0 Å². The third-order valence-electron chi connectivity index (χ3n) is 3.68. The van der Waals surface area contributed by atoms with Crippen LogP contribution in [0.4, 0.5) is 0 Å². The summed E-state index contributed by atoms with van der Waals surface area (Å²) in [4.78, 5) is 14.5. The summed E-state index contributed by atoms with van der Waals surface area (Å²) in [5.74, 6) is -0.129. The van der Waals surface area contributed by atoms with Gasteiger partial charge >= 0.3 is 0 Å². The number of aromatic hydroxyl groups is 1. The topological polar surface area (TPSA) is 52.6 Å². The zero-order valence-electron chi connectivity index (χ0n) is 11.6. The molecule has 1 fully saturated rings. The molecule has 2 N–H and O–H groups in total. The van der Waals surface area contributed by atoms with Gasteiger partial charge in [0.25, 0.3) is 5.91 Å². The number of carbonyl (C=O) groups excluding carboxylic acids is 1. The van der Waals surface area contributed by atoms with Gasteiger partial charge in [0.05, 0.1) is 5.56 Å². The molecule has 0 aliphatic carbocycles. The standard InChI is InChI=1S/C15H22N2O2/c1-3-17-8-4-5-12(10-17)16-15(19)13-9-11(2)6-7-14(13)18/h6-7,9,12,18H,3-5,8,10H2,1-2H3,(H,16,19). The van der Waals surface area contributed by atoms with Gasteiger partial charge in [-0.1, -0.05) is 18.6 Å². The minimum absolute atomic E-state index is 0.0475. The molecular weight excluding hydrogens is 240 g/mol. The van der Waals surface area contributed by atoms with E-state index >= 15 is 0 Å². The lowest BCUT2D eigenvalue weighted by Crippen LogP contribution is -2.47. The van der Waals surface area contributed by atoms with Crippen molar-refractivity contribution in [2.24, 2.45) is 0 Å². The van der Waals surface area contributed by atoms with Crippen LogP contribution >= 0.6 is 0 Å². The highest BCUT2D eigenvalue weighted by atomic mass is 16.3. The Morgan fingerprint density at radius 1 is 1.53 bits per heavy atom. The van der Waals surface area contributed by atoms with E-state index in [1.54, 1.807) is 18.2 Å². The summed E-state index contributed by atoms with van der Waals surface area (Å²) in [7, 11) is 0. The third kappa shape index (κ3) is 3.47. The van der Waals surface area contributed by atoms with Gasteiger partial charge in [-0.2, -0.15) is 0 Å². The Morgan fingerprint density at radius 3 is 3.05 bits per heavy atom. The molecule has 0 aromatic heterocycles. The fourth-order valence-electron chi connectivity index (χ4n) is 2.56. The lowest BCUT2D eigenvalue weighted by atomic mass is 10.0. The maximum Gasteiger partial charge on any atom is 0.255 e. The van der Waals surface area contributed by atoms with Crippen LogP contribution in [-0.2, 0) is 0 Å². The second-order valence-electron chi connectivity index (χ2n) is 5.23. The Labute approximate surface area is 114 Å². The van der Waals surface area contributed by atoms with Crippen LogP contribution in [0, 0.1) is 6.92 Å². The van der Waals surface area contributed by atoms with Crippen LogP contribution in [0.3, 0.4) is 0 Å². The summed E-state index contributed by atoms with van der Waals surface area (Å²) < 4.78 is 0. The number of phenolic OH excluding ortho intramolecular Hbond substituents is 1.